The van der Waals surface area contributed by atoms with Gasteiger partial charge in [0, 0.05) is 6.04 Å². The van der Waals surface area contributed by atoms with Gasteiger partial charge in [0.1, 0.15) is 6.04 Å². The van der Waals surface area contributed by atoms with Crippen molar-refractivity contribution < 1.29 is 19.4 Å². The third-order valence-corrected chi connectivity index (χ3v) is 3.53. The molecule has 0 saturated carbocycles. The van der Waals surface area contributed by atoms with Crippen LogP contribution in [0.15, 0.2) is 18.2 Å². The minimum absolute atomic E-state index is 0.0108. The molecule has 0 heterocycles. The highest BCUT2D eigenvalue weighted by atomic mass is 16.5. The van der Waals surface area contributed by atoms with E-state index in [9.17, 15) is 9.90 Å². The summed E-state index contributed by atoms with van der Waals surface area (Å²) in [6, 6.07) is 5.03. The van der Waals surface area contributed by atoms with E-state index < -0.39 is 12.0 Å². The van der Waals surface area contributed by atoms with Crippen molar-refractivity contribution in [1.29, 1.82) is 0 Å². The zero-order chi connectivity index (χ0) is 16.0. The molecule has 0 fully saturated rings. The molecule has 2 unspecified atom stereocenters. The largest absolute Gasteiger partial charge is 0.493 e. The zero-order valence-electron chi connectivity index (χ0n) is 13.3. The topological polar surface area (TPSA) is 67.8 Å². The van der Waals surface area contributed by atoms with Crippen LogP contribution in [0.5, 0.6) is 11.5 Å². The number of rotatable bonds is 8. The molecule has 0 aliphatic carbocycles. The van der Waals surface area contributed by atoms with Crippen molar-refractivity contribution in [3.05, 3.63) is 23.8 Å². The number of aliphatic carboxylic acids is 1. The smallest absolute Gasteiger partial charge is 0.320 e. The number of ether oxygens (including phenoxy) is 2. The van der Waals surface area contributed by atoms with E-state index in [-0.39, 0.29) is 12.0 Å². The van der Waals surface area contributed by atoms with E-state index in [0.717, 1.165) is 12.0 Å². The lowest BCUT2D eigenvalue weighted by Crippen LogP contribution is -2.42. The van der Waals surface area contributed by atoms with Crippen LogP contribution in [0.4, 0.5) is 0 Å². The highest BCUT2D eigenvalue weighted by Crippen LogP contribution is 2.31. The maximum absolute atomic E-state index is 11.3. The fourth-order valence-electron chi connectivity index (χ4n) is 2.28. The van der Waals surface area contributed by atoms with Crippen LogP contribution in [0.3, 0.4) is 0 Å². The number of benzene rings is 1. The Labute approximate surface area is 126 Å². The van der Waals surface area contributed by atoms with Gasteiger partial charge >= 0.3 is 5.97 Å². The maximum Gasteiger partial charge on any atom is 0.320 e. The first-order chi connectivity index (χ1) is 9.94. The predicted octanol–water partition coefficient (Wildman–Crippen LogP) is 2.85. The fourth-order valence-corrected chi connectivity index (χ4v) is 2.28. The van der Waals surface area contributed by atoms with Gasteiger partial charge in [0.25, 0.3) is 0 Å². The molecule has 1 aromatic rings. The Morgan fingerprint density at radius 3 is 2.29 bits per heavy atom. The number of hydrogen-bond acceptors (Lipinski definition) is 4. The summed E-state index contributed by atoms with van der Waals surface area (Å²) in [6.07, 6.45) is 0.784. The van der Waals surface area contributed by atoms with Gasteiger partial charge < -0.3 is 14.6 Å². The second kappa shape index (κ2) is 7.88. The summed E-state index contributed by atoms with van der Waals surface area (Å²) in [5, 5.41) is 12.5. The van der Waals surface area contributed by atoms with E-state index in [0.29, 0.717) is 11.5 Å². The van der Waals surface area contributed by atoms with Crippen LogP contribution in [-0.2, 0) is 4.79 Å². The lowest BCUT2D eigenvalue weighted by Gasteiger charge is -2.25. The Bertz CT molecular complexity index is 473. The molecule has 2 N–H and O–H groups in total. The van der Waals surface area contributed by atoms with E-state index in [1.54, 1.807) is 14.2 Å². The molecule has 1 rings (SSSR count). The van der Waals surface area contributed by atoms with Crippen molar-refractivity contribution in [2.24, 2.45) is 5.92 Å². The van der Waals surface area contributed by atoms with Crippen molar-refractivity contribution in [2.75, 3.05) is 14.2 Å². The van der Waals surface area contributed by atoms with Gasteiger partial charge in [-0.2, -0.15) is 0 Å². The van der Waals surface area contributed by atoms with Gasteiger partial charge in [-0.3, -0.25) is 10.1 Å². The number of carboxylic acid groups (broad SMARTS) is 1. The summed E-state index contributed by atoms with van der Waals surface area (Å²) in [6.45, 7) is 5.81. The Kier molecular flexibility index (Phi) is 6.49. The molecule has 5 nitrogen and oxygen atoms in total. The normalized spacial score (nSPS) is 13.8. The van der Waals surface area contributed by atoms with E-state index in [1.807, 2.05) is 39.0 Å². The van der Waals surface area contributed by atoms with Gasteiger partial charge in [0.05, 0.1) is 14.2 Å². The van der Waals surface area contributed by atoms with Crippen LogP contribution < -0.4 is 14.8 Å². The molecule has 21 heavy (non-hydrogen) atoms. The zero-order valence-corrected chi connectivity index (χ0v) is 13.3. The molecule has 2 atom stereocenters. The van der Waals surface area contributed by atoms with E-state index in [2.05, 4.69) is 5.32 Å². The van der Waals surface area contributed by atoms with Crippen molar-refractivity contribution in [3.8, 4) is 11.5 Å². The molecule has 0 aromatic heterocycles. The van der Waals surface area contributed by atoms with Crippen LogP contribution in [-0.4, -0.2) is 31.3 Å². The molecule has 0 spiro atoms. The molecule has 0 bridgehead atoms. The summed E-state index contributed by atoms with van der Waals surface area (Å²) in [7, 11) is 3.18. The molecule has 5 heteroatoms. The standard InChI is InChI=1S/C16H25NO4/c1-6-12(17-15(10(2)3)16(18)19)11-7-8-13(20-4)14(9-11)21-5/h7-10,12,15,17H,6H2,1-5H3,(H,18,19). The van der Waals surface area contributed by atoms with Gasteiger partial charge in [-0.15, -0.1) is 0 Å². The number of nitrogens with one attached hydrogen (secondary N) is 1. The van der Waals surface area contributed by atoms with Crippen LogP contribution in [0.2, 0.25) is 0 Å². The van der Waals surface area contributed by atoms with E-state index in [4.69, 9.17) is 9.47 Å². The third kappa shape index (κ3) is 4.36. The second-order valence-electron chi connectivity index (χ2n) is 5.30. The highest BCUT2D eigenvalue weighted by molar-refractivity contribution is 5.73. The molecular weight excluding hydrogens is 270 g/mol. The molecule has 0 aliphatic heterocycles. The molecule has 0 aliphatic rings. The molecule has 118 valence electrons. The first kappa shape index (κ1) is 17.3. The van der Waals surface area contributed by atoms with Crippen LogP contribution in [0, 0.1) is 5.92 Å². The molecule has 0 amide bonds. The number of methoxy groups -OCH3 is 2. The first-order valence-electron chi connectivity index (χ1n) is 7.15. The van der Waals surface area contributed by atoms with Crippen molar-refractivity contribution in [2.45, 2.75) is 39.3 Å². The Morgan fingerprint density at radius 2 is 1.86 bits per heavy atom. The number of carbonyl (C=O) groups is 1. The van der Waals surface area contributed by atoms with Gasteiger partial charge in [0.15, 0.2) is 11.5 Å². The lowest BCUT2D eigenvalue weighted by molar-refractivity contribution is -0.140. The number of hydrogen-bond donors (Lipinski definition) is 2. The van der Waals surface area contributed by atoms with E-state index in [1.165, 1.54) is 0 Å². The third-order valence-electron chi connectivity index (χ3n) is 3.53. The second-order valence-corrected chi connectivity index (χ2v) is 5.30. The average Bonchev–Trinajstić information content (AvgIpc) is 2.46. The van der Waals surface area contributed by atoms with Crippen molar-refractivity contribution >= 4 is 5.97 Å². The van der Waals surface area contributed by atoms with Crippen LogP contribution in [0.25, 0.3) is 0 Å². The number of carboxylic acids is 1. The quantitative estimate of drug-likeness (QED) is 0.772. The maximum atomic E-state index is 11.3. The minimum atomic E-state index is -0.830. The average molecular weight is 295 g/mol. The van der Waals surface area contributed by atoms with Gasteiger partial charge in [-0.05, 0) is 30.0 Å². The Morgan fingerprint density at radius 1 is 1.24 bits per heavy atom. The monoisotopic (exact) mass is 295 g/mol. The molecule has 0 saturated heterocycles. The lowest BCUT2D eigenvalue weighted by atomic mass is 9.98. The summed E-state index contributed by atoms with van der Waals surface area (Å²) in [5.41, 5.74) is 0.988. The molecule has 0 radical (unpaired) electrons. The van der Waals surface area contributed by atoms with Gasteiger partial charge in [-0.1, -0.05) is 26.8 Å². The minimum Gasteiger partial charge on any atom is -0.493 e. The summed E-state index contributed by atoms with van der Waals surface area (Å²) in [5.74, 6) is 0.488. The fraction of sp³-hybridized carbons (Fsp3) is 0.562. The van der Waals surface area contributed by atoms with Crippen LogP contribution in [0.1, 0.15) is 38.8 Å². The van der Waals surface area contributed by atoms with E-state index >= 15 is 0 Å². The van der Waals surface area contributed by atoms with Gasteiger partial charge in [-0.25, -0.2) is 0 Å². The van der Waals surface area contributed by atoms with Crippen molar-refractivity contribution in [3.63, 3.8) is 0 Å². The van der Waals surface area contributed by atoms with Gasteiger partial charge in [0.2, 0.25) is 0 Å². The van der Waals surface area contributed by atoms with Crippen LogP contribution >= 0.6 is 0 Å². The Balaban J connectivity index is 3.01. The Hall–Kier alpha value is -1.75. The first-order valence-corrected chi connectivity index (χ1v) is 7.15. The SMILES string of the molecule is CCC(NC(C(=O)O)C(C)C)c1ccc(OC)c(OC)c1. The summed E-state index contributed by atoms with van der Waals surface area (Å²) < 4.78 is 10.5. The summed E-state index contributed by atoms with van der Waals surface area (Å²) >= 11 is 0. The molecule has 1 aromatic carbocycles. The molecular formula is C16H25NO4. The predicted molar refractivity (Wildman–Crippen MR) is 82.0 cm³/mol. The highest BCUT2D eigenvalue weighted by Gasteiger charge is 2.25. The summed E-state index contributed by atoms with van der Waals surface area (Å²) in [4.78, 5) is 11.3. The van der Waals surface area contributed by atoms with Crippen molar-refractivity contribution in [1.82, 2.24) is 5.32 Å².